The molecule has 0 aliphatic heterocycles. The van der Waals surface area contributed by atoms with E-state index in [4.69, 9.17) is 28.3 Å². The van der Waals surface area contributed by atoms with Gasteiger partial charge >= 0.3 is 5.97 Å². The Kier molecular flexibility index (Phi) is 3.47. The highest BCUT2D eigenvalue weighted by Gasteiger charge is 2.15. The fourth-order valence-electron chi connectivity index (χ4n) is 0.825. The van der Waals surface area contributed by atoms with Crippen LogP contribution in [0, 0.1) is 0 Å². The molecule has 5 heteroatoms. The van der Waals surface area contributed by atoms with Gasteiger partial charge in [-0.15, -0.1) is 0 Å². The largest absolute Gasteiger partial charge is 0.480 e. The van der Waals surface area contributed by atoms with E-state index < -0.39 is 11.2 Å². The van der Waals surface area contributed by atoms with Crippen LogP contribution in [-0.2, 0) is 4.79 Å². The Morgan fingerprint density at radius 3 is 2.46 bits per heavy atom. The number of carboxylic acids is 1. The molecule has 0 amide bonds. The van der Waals surface area contributed by atoms with E-state index in [1.54, 1.807) is 12.1 Å². The van der Waals surface area contributed by atoms with Crippen LogP contribution in [0.1, 0.15) is 10.8 Å². The number of halogens is 2. The van der Waals surface area contributed by atoms with Gasteiger partial charge in [-0.25, -0.2) is 0 Å². The molecule has 2 nitrogen and oxygen atoms in total. The normalized spacial score (nSPS) is 12.5. The fourth-order valence-corrected chi connectivity index (χ4v) is 1.29. The second-order valence-corrected chi connectivity index (χ2v) is 3.75. The van der Waals surface area contributed by atoms with Crippen molar-refractivity contribution in [2.45, 2.75) is 5.25 Å². The molecule has 13 heavy (non-hydrogen) atoms. The molecule has 0 spiro atoms. The molecule has 0 aliphatic carbocycles. The van der Waals surface area contributed by atoms with Crippen LogP contribution in [0.15, 0.2) is 18.2 Å². The van der Waals surface area contributed by atoms with Crippen molar-refractivity contribution in [3.8, 4) is 0 Å². The van der Waals surface area contributed by atoms with Crippen LogP contribution in [0.25, 0.3) is 0 Å². The van der Waals surface area contributed by atoms with Crippen molar-refractivity contribution in [3.63, 3.8) is 0 Å². The van der Waals surface area contributed by atoms with Crippen LogP contribution in [0.5, 0.6) is 0 Å². The predicted octanol–water partition coefficient (Wildman–Crippen LogP) is 3.05. The van der Waals surface area contributed by atoms with Crippen LogP contribution in [0.3, 0.4) is 0 Å². The molecule has 0 saturated carbocycles. The highest BCUT2D eigenvalue weighted by molar-refractivity contribution is 7.81. The Hall–Kier alpha value is -0.380. The fraction of sp³-hybridized carbons (Fsp3) is 0.125. The van der Waals surface area contributed by atoms with Crippen LogP contribution < -0.4 is 0 Å². The molecule has 1 rings (SSSR count). The van der Waals surface area contributed by atoms with Crippen molar-refractivity contribution in [3.05, 3.63) is 33.8 Å². The number of carboxylic acid groups (broad SMARTS) is 1. The lowest BCUT2D eigenvalue weighted by Crippen LogP contribution is -2.04. The van der Waals surface area contributed by atoms with Crippen LogP contribution in [0.2, 0.25) is 10.0 Å². The summed E-state index contributed by atoms with van der Waals surface area (Å²) in [6, 6.07) is 4.63. The molecular formula is C8H6Cl2O2S. The van der Waals surface area contributed by atoms with Crippen molar-refractivity contribution in [2.24, 2.45) is 0 Å². The lowest BCUT2D eigenvalue weighted by molar-refractivity contribution is -0.136. The Morgan fingerprint density at radius 1 is 1.38 bits per heavy atom. The predicted molar refractivity (Wildman–Crippen MR) is 55.8 cm³/mol. The average Bonchev–Trinajstić information content (AvgIpc) is 2.08. The Balaban J connectivity index is 3.03. The zero-order chi connectivity index (χ0) is 10.0. The van der Waals surface area contributed by atoms with Gasteiger partial charge in [-0.3, -0.25) is 4.79 Å². The summed E-state index contributed by atoms with van der Waals surface area (Å²) in [5.74, 6) is -1.01. The van der Waals surface area contributed by atoms with Gasteiger partial charge in [-0.2, -0.15) is 12.6 Å². The van der Waals surface area contributed by atoms with Gasteiger partial charge in [0.05, 0.1) is 10.0 Å². The minimum Gasteiger partial charge on any atom is -0.480 e. The Morgan fingerprint density at radius 2 is 2.00 bits per heavy atom. The van der Waals surface area contributed by atoms with Gasteiger partial charge in [0.1, 0.15) is 5.25 Å². The molecule has 1 N–H and O–H groups in total. The van der Waals surface area contributed by atoms with Crippen molar-refractivity contribution < 1.29 is 9.90 Å². The van der Waals surface area contributed by atoms with Gasteiger partial charge in [0.2, 0.25) is 0 Å². The summed E-state index contributed by atoms with van der Waals surface area (Å²) in [6.07, 6.45) is 0. The first kappa shape index (κ1) is 10.7. The van der Waals surface area contributed by atoms with Gasteiger partial charge in [-0.05, 0) is 17.7 Å². The number of rotatable bonds is 2. The molecule has 0 fully saturated rings. The molecule has 0 aliphatic rings. The number of hydrogen-bond acceptors (Lipinski definition) is 2. The van der Waals surface area contributed by atoms with E-state index >= 15 is 0 Å². The minimum atomic E-state index is -1.01. The summed E-state index contributed by atoms with van der Waals surface area (Å²) in [4.78, 5) is 10.5. The SMILES string of the molecule is O=C(O)C(S)c1ccc(Cl)c(Cl)c1. The van der Waals surface area contributed by atoms with Crippen LogP contribution >= 0.6 is 35.8 Å². The van der Waals surface area contributed by atoms with E-state index in [2.05, 4.69) is 12.6 Å². The van der Waals surface area contributed by atoms with E-state index in [-0.39, 0.29) is 0 Å². The lowest BCUT2D eigenvalue weighted by Gasteiger charge is -2.06. The monoisotopic (exact) mass is 236 g/mol. The second kappa shape index (κ2) is 4.22. The van der Waals surface area contributed by atoms with Crippen molar-refractivity contribution in [1.29, 1.82) is 0 Å². The standard InChI is InChI=1S/C8H6Cl2O2S/c9-5-2-1-4(3-6(5)10)7(13)8(11)12/h1-3,7,13H,(H,11,12). The number of thiol groups is 1. The van der Waals surface area contributed by atoms with E-state index in [0.717, 1.165) is 0 Å². The van der Waals surface area contributed by atoms with Crippen LogP contribution in [0.4, 0.5) is 0 Å². The van der Waals surface area contributed by atoms with Crippen LogP contribution in [-0.4, -0.2) is 11.1 Å². The summed E-state index contributed by atoms with van der Waals surface area (Å²) in [5.41, 5.74) is 0.519. The maximum atomic E-state index is 10.5. The average molecular weight is 237 g/mol. The molecule has 0 aromatic heterocycles. The van der Waals surface area contributed by atoms with E-state index in [9.17, 15) is 4.79 Å². The summed E-state index contributed by atoms with van der Waals surface area (Å²) >= 11 is 15.3. The number of hydrogen-bond donors (Lipinski definition) is 2. The van der Waals surface area contributed by atoms with Crippen molar-refractivity contribution in [1.82, 2.24) is 0 Å². The van der Waals surface area contributed by atoms with E-state index in [1.165, 1.54) is 6.07 Å². The first-order valence-electron chi connectivity index (χ1n) is 3.38. The maximum Gasteiger partial charge on any atom is 0.320 e. The van der Waals surface area contributed by atoms with Crippen molar-refractivity contribution in [2.75, 3.05) is 0 Å². The molecule has 0 bridgehead atoms. The van der Waals surface area contributed by atoms with Gasteiger partial charge in [0, 0.05) is 0 Å². The van der Waals surface area contributed by atoms with Gasteiger partial charge < -0.3 is 5.11 Å². The lowest BCUT2D eigenvalue weighted by atomic mass is 10.1. The van der Waals surface area contributed by atoms with E-state index in [1.807, 2.05) is 0 Å². The number of aliphatic carboxylic acids is 1. The first-order chi connectivity index (χ1) is 6.02. The first-order valence-corrected chi connectivity index (χ1v) is 4.65. The summed E-state index contributed by atoms with van der Waals surface area (Å²) in [7, 11) is 0. The quantitative estimate of drug-likeness (QED) is 0.775. The summed E-state index contributed by atoms with van der Waals surface area (Å²) in [5, 5.41) is 8.51. The maximum absolute atomic E-state index is 10.5. The third kappa shape index (κ3) is 2.53. The molecule has 0 saturated heterocycles. The minimum absolute atomic E-state index is 0.333. The third-order valence-electron chi connectivity index (χ3n) is 1.49. The molecule has 1 unspecified atom stereocenters. The molecular weight excluding hydrogens is 231 g/mol. The zero-order valence-corrected chi connectivity index (χ0v) is 8.77. The van der Waals surface area contributed by atoms with E-state index in [0.29, 0.717) is 15.6 Å². The molecule has 0 heterocycles. The Bertz CT molecular complexity index is 341. The number of carbonyl (C=O) groups is 1. The molecule has 70 valence electrons. The zero-order valence-electron chi connectivity index (χ0n) is 6.37. The van der Waals surface area contributed by atoms with Gasteiger partial charge in [-0.1, -0.05) is 29.3 Å². The highest BCUT2D eigenvalue weighted by Crippen LogP contribution is 2.28. The highest BCUT2D eigenvalue weighted by atomic mass is 35.5. The third-order valence-corrected chi connectivity index (χ3v) is 2.75. The topological polar surface area (TPSA) is 37.3 Å². The van der Waals surface area contributed by atoms with Crippen molar-refractivity contribution >= 4 is 41.8 Å². The molecule has 1 aromatic rings. The number of benzene rings is 1. The van der Waals surface area contributed by atoms with Gasteiger partial charge in [0.25, 0.3) is 0 Å². The molecule has 0 radical (unpaired) electrons. The molecule has 1 aromatic carbocycles. The Labute approximate surface area is 90.9 Å². The molecule has 1 atom stereocenters. The summed E-state index contributed by atoms with van der Waals surface area (Å²) < 4.78 is 0. The van der Waals surface area contributed by atoms with Gasteiger partial charge in [0.15, 0.2) is 0 Å². The summed E-state index contributed by atoms with van der Waals surface area (Å²) in [6.45, 7) is 0. The second-order valence-electron chi connectivity index (χ2n) is 2.41. The smallest absolute Gasteiger partial charge is 0.320 e.